The predicted molar refractivity (Wildman–Crippen MR) is 101 cm³/mol. The van der Waals surface area contributed by atoms with Crippen molar-refractivity contribution in [1.82, 2.24) is 5.32 Å². The smallest absolute Gasteiger partial charge is 0.309 e. The number of ketones is 1. The van der Waals surface area contributed by atoms with E-state index < -0.39 is 5.91 Å². The second-order valence-corrected chi connectivity index (χ2v) is 6.47. The average molecular weight is 366 g/mol. The largest absolute Gasteiger partial charge is 0.469 e. The van der Waals surface area contributed by atoms with E-state index in [9.17, 15) is 14.4 Å². The number of hydrogen-bond donors (Lipinski definition) is 1. The number of carbonyl (C=O) groups is 3. The van der Waals surface area contributed by atoms with E-state index in [1.807, 2.05) is 48.5 Å². The Kier molecular flexibility index (Phi) is 5.98. The van der Waals surface area contributed by atoms with Crippen LogP contribution in [-0.2, 0) is 38.6 Å². The summed E-state index contributed by atoms with van der Waals surface area (Å²) in [6, 6.07) is 15.5. The number of nitrogens with zero attached hydrogens (tertiary/aromatic N) is 1. The van der Waals surface area contributed by atoms with Crippen molar-refractivity contribution in [3.05, 3.63) is 65.2 Å². The highest BCUT2D eigenvalue weighted by atomic mass is 16.5. The second kappa shape index (κ2) is 8.60. The molecule has 0 saturated carbocycles. The van der Waals surface area contributed by atoms with Gasteiger partial charge in [0.1, 0.15) is 0 Å². The van der Waals surface area contributed by atoms with Crippen molar-refractivity contribution >= 4 is 23.3 Å². The topological polar surface area (TPSA) is 75.7 Å². The third kappa shape index (κ3) is 4.80. The molecule has 6 nitrogen and oxygen atoms in total. The number of hydrogen-bond acceptors (Lipinski definition) is 5. The number of ether oxygens (including phenoxy) is 1. The van der Waals surface area contributed by atoms with Gasteiger partial charge < -0.3 is 15.0 Å². The standard InChI is InChI=1S/C21H22N2O4/c1-27-20(25)12-16-3-2-4-17(11-16)14-22-13-15-5-7-18(8-6-15)23-10-9-19(24)21(23)26/h2-8,11,22H,9-10,12-14H2,1H3. The molecular weight excluding hydrogens is 344 g/mol. The Labute approximate surface area is 158 Å². The molecule has 1 N–H and O–H groups in total. The molecule has 0 bridgehead atoms. The highest BCUT2D eigenvalue weighted by Crippen LogP contribution is 2.20. The summed E-state index contributed by atoms with van der Waals surface area (Å²) in [5, 5.41) is 3.37. The molecule has 1 amide bonds. The minimum absolute atomic E-state index is 0.251. The molecule has 6 heteroatoms. The monoisotopic (exact) mass is 366 g/mol. The van der Waals surface area contributed by atoms with E-state index in [1.165, 1.54) is 12.0 Å². The summed E-state index contributed by atoms with van der Waals surface area (Å²) in [4.78, 5) is 36.0. The van der Waals surface area contributed by atoms with Crippen molar-refractivity contribution < 1.29 is 19.1 Å². The van der Waals surface area contributed by atoms with Crippen molar-refractivity contribution in [3.63, 3.8) is 0 Å². The Morgan fingerprint density at radius 3 is 2.41 bits per heavy atom. The molecular formula is C21H22N2O4. The molecule has 2 aromatic carbocycles. The number of methoxy groups -OCH3 is 1. The maximum absolute atomic E-state index is 11.8. The lowest BCUT2D eigenvalue weighted by atomic mass is 10.1. The number of nitrogens with one attached hydrogen (secondary N) is 1. The summed E-state index contributed by atoms with van der Waals surface area (Å²) in [5.74, 6) is -0.999. The van der Waals surface area contributed by atoms with Gasteiger partial charge in [-0.25, -0.2) is 0 Å². The number of rotatable bonds is 7. The normalized spacial score (nSPS) is 13.9. The molecule has 0 aliphatic carbocycles. The Balaban J connectivity index is 1.52. The molecule has 1 aliphatic rings. The summed E-state index contributed by atoms with van der Waals surface area (Å²) >= 11 is 0. The number of Topliss-reactive ketones (excluding diaryl/α,β-unsaturated/α-hetero) is 1. The van der Waals surface area contributed by atoms with E-state index in [2.05, 4.69) is 5.32 Å². The van der Waals surface area contributed by atoms with Crippen LogP contribution in [0, 0.1) is 0 Å². The Morgan fingerprint density at radius 1 is 1.04 bits per heavy atom. The summed E-state index contributed by atoms with van der Waals surface area (Å²) in [5.41, 5.74) is 3.86. The van der Waals surface area contributed by atoms with Gasteiger partial charge in [0.15, 0.2) is 0 Å². The van der Waals surface area contributed by atoms with Crippen LogP contribution in [-0.4, -0.2) is 31.3 Å². The molecule has 2 aromatic rings. The lowest BCUT2D eigenvalue weighted by Crippen LogP contribution is -2.26. The number of esters is 1. The molecule has 1 fully saturated rings. The van der Waals surface area contributed by atoms with Crippen molar-refractivity contribution in [2.45, 2.75) is 25.9 Å². The molecule has 1 saturated heterocycles. The van der Waals surface area contributed by atoms with Gasteiger partial charge in [-0.2, -0.15) is 0 Å². The van der Waals surface area contributed by atoms with E-state index in [4.69, 9.17) is 4.74 Å². The van der Waals surface area contributed by atoms with Gasteiger partial charge in [-0.1, -0.05) is 36.4 Å². The van der Waals surface area contributed by atoms with Crippen LogP contribution in [0.3, 0.4) is 0 Å². The third-order valence-electron chi connectivity index (χ3n) is 4.52. The average Bonchev–Trinajstić information content (AvgIpc) is 3.01. The first kappa shape index (κ1) is 18.8. The van der Waals surface area contributed by atoms with Gasteiger partial charge in [0, 0.05) is 31.7 Å². The van der Waals surface area contributed by atoms with Crippen molar-refractivity contribution in [2.75, 3.05) is 18.6 Å². The van der Waals surface area contributed by atoms with E-state index in [-0.39, 0.29) is 24.6 Å². The highest BCUT2D eigenvalue weighted by molar-refractivity contribution is 6.43. The predicted octanol–water partition coefficient (Wildman–Crippen LogP) is 2.00. The lowest BCUT2D eigenvalue weighted by molar-refractivity contribution is -0.139. The zero-order valence-electron chi connectivity index (χ0n) is 15.2. The van der Waals surface area contributed by atoms with E-state index >= 15 is 0 Å². The van der Waals surface area contributed by atoms with E-state index in [1.54, 1.807) is 0 Å². The maximum atomic E-state index is 11.8. The van der Waals surface area contributed by atoms with Gasteiger partial charge in [-0.3, -0.25) is 14.4 Å². The van der Waals surface area contributed by atoms with Crippen LogP contribution in [0.25, 0.3) is 0 Å². The fraction of sp³-hybridized carbons (Fsp3) is 0.286. The Hall–Kier alpha value is -2.99. The van der Waals surface area contributed by atoms with Gasteiger partial charge in [-0.15, -0.1) is 0 Å². The molecule has 0 radical (unpaired) electrons. The summed E-state index contributed by atoms with van der Waals surface area (Å²) in [6.45, 7) is 1.81. The molecule has 3 rings (SSSR count). The fourth-order valence-electron chi connectivity index (χ4n) is 3.05. The first-order valence-electron chi connectivity index (χ1n) is 8.86. The molecule has 0 atom stereocenters. The highest BCUT2D eigenvalue weighted by Gasteiger charge is 2.30. The van der Waals surface area contributed by atoms with Gasteiger partial charge in [0.25, 0.3) is 5.91 Å². The SMILES string of the molecule is COC(=O)Cc1cccc(CNCc2ccc(N3CCC(=O)C3=O)cc2)c1. The van der Waals surface area contributed by atoms with Gasteiger partial charge in [0.2, 0.25) is 5.78 Å². The summed E-state index contributed by atoms with van der Waals surface area (Å²) in [7, 11) is 1.39. The number of benzene rings is 2. The van der Waals surface area contributed by atoms with Gasteiger partial charge >= 0.3 is 5.97 Å². The second-order valence-electron chi connectivity index (χ2n) is 6.47. The molecule has 0 aromatic heterocycles. The molecule has 140 valence electrons. The lowest BCUT2D eigenvalue weighted by Gasteiger charge is -2.15. The van der Waals surface area contributed by atoms with E-state index in [0.29, 0.717) is 19.6 Å². The fourth-order valence-corrected chi connectivity index (χ4v) is 3.05. The van der Waals surface area contributed by atoms with Crippen LogP contribution in [0.1, 0.15) is 23.1 Å². The number of anilines is 1. The van der Waals surface area contributed by atoms with Crippen molar-refractivity contribution in [2.24, 2.45) is 0 Å². The van der Waals surface area contributed by atoms with Crippen LogP contribution in [0.4, 0.5) is 5.69 Å². The summed E-state index contributed by atoms with van der Waals surface area (Å²) < 4.78 is 4.69. The van der Waals surface area contributed by atoms with Gasteiger partial charge in [-0.05, 0) is 28.8 Å². The van der Waals surface area contributed by atoms with Crippen LogP contribution < -0.4 is 10.2 Å². The van der Waals surface area contributed by atoms with Gasteiger partial charge in [0.05, 0.1) is 13.5 Å². The third-order valence-corrected chi connectivity index (χ3v) is 4.52. The maximum Gasteiger partial charge on any atom is 0.309 e. The summed E-state index contributed by atoms with van der Waals surface area (Å²) in [6.07, 6.45) is 0.556. The quantitative estimate of drug-likeness (QED) is 0.599. The van der Waals surface area contributed by atoms with Crippen LogP contribution >= 0.6 is 0 Å². The molecule has 0 spiro atoms. The number of amides is 1. The Bertz CT molecular complexity index is 846. The first-order chi connectivity index (χ1) is 13.1. The number of carbonyl (C=O) groups excluding carboxylic acids is 3. The minimum atomic E-state index is -0.423. The first-order valence-corrected chi connectivity index (χ1v) is 8.86. The van der Waals surface area contributed by atoms with Crippen LogP contribution in [0.2, 0.25) is 0 Å². The molecule has 1 heterocycles. The van der Waals surface area contributed by atoms with Crippen LogP contribution in [0.5, 0.6) is 0 Å². The van der Waals surface area contributed by atoms with Crippen molar-refractivity contribution in [1.29, 1.82) is 0 Å². The zero-order chi connectivity index (χ0) is 19.2. The van der Waals surface area contributed by atoms with Crippen LogP contribution in [0.15, 0.2) is 48.5 Å². The van der Waals surface area contributed by atoms with Crippen molar-refractivity contribution in [3.8, 4) is 0 Å². The van der Waals surface area contributed by atoms with E-state index in [0.717, 1.165) is 22.4 Å². The zero-order valence-corrected chi connectivity index (χ0v) is 15.2. The molecule has 27 heavy (non-hydrogen) atoms. The molecule has 1 aliphatic heterocycles. The Morgan fingerprint density at radius 2 is 1.74 bits per heavy atom. The minimum Gasteiger partial charge on any atom is -0.469 e. The molecule has 0 unspecified atom stereocenters.